The Bertz CT molecular complexity index is 1100. The van der Waals surface area contributed by atoms with Crippen molar-refractivity contribution in [2.24, 2.45) is 5.92 Å². The predicted molar refractivity (Wildman–Crippen MR) is 118 cm³/mol. The van der Waals surface area contributed by atoms with Crippen LogP contribution < -0.4 is 10.4 Å². The molecule has 2 atom stereocenters. The van der Waals surface area contributed by atoms with E-state index in [1.807, 2.05) is 0 Å². The molecular formula is C26H28. The highest BCUT2D eigenvalue weighted by atomic mass is 14.3. The fourth-order valence-electron chi connectivity index (χ4n) is 4.47. The molecule has 3 aromatic carbocycles. The zero-order chi connectivity index (χ0) is 19.0. The lowest BCUT2D eigenvalue weighted by Gasteiger charge is -2.31. The molecule has 0 heterocycles. The third-order valence-electron chi connectivity index (χ3n) is 5.83. The normalized spacial score (nSPS) is 18.8. The first-order valence-electron chi connectivity index (χ1n) is 9.28. The minimum absolute atomic E-state index is 0.513. The summed E-state index contributed by atoms with van der Waals surface area (Å²) in [6.45, 7) is 23.7. The zero-order valence-electron chi connectivity index (χ0n) is 16.1. The molecule has 4 rings (SSSR count). The molecule has 0 bridgehead atoms. The molecule has 0 aromatic heterocycles. The first kappa shape index (κ1) is 18.2. The second kappa shape index (κ2) is 6.96. The fraction of sp³-hybridized carbons (Fsp3) is 0.231. The molecule has 0 aliphatic heterocycles. The second-order valence-electron chi connectivity index (χ2n) is 7.48. The van der Waals surface area contributed by atoms with Crippen molar-refractivity contribution in [1.82, 2.24) is 0 Å². The average molecular weight is 341 g/mol. The quantitative estimate of drug-likeness (QED) is 0.384. The maximum absolute atomic E-state index is 4.48. The van der Waals surface area contributed by atoms with E-state index in [4.69, 9.17) is 0 Å². The highest BCUT2D eigenvalue weighted by Crippen LogP contribution is 2.35. The van der Waals surface area contributed by atoms with Crippen LogP contribution in [0, 0.1) is 5.92 Å². The van der Waals surface area contributed by atoms with Gasteiger partial charge in [0, 0.05) is 0 Å². The molecule has 26 heavy (non-hydrogen) atoms. The molecule has 0 radical (unpaired) electrons. The van der Waals surface area contributed by atoms with Crippen LogP contribution in [0.5, 0.6) is 0 Å². The lowest BCUT2D eigenvalue weighted by atomic mass is 9.73. The maximum atomic E-state index is 4.48. The van der Waals surface area contributed by atoms with E-state index in [-0.39, 0.29) is 0 Å². The number of rotatable bonds is 1. The van der Waals surface area contributed by atoms with E-state index in [0.29, 0.717) is 11.8 Å². The Kier molecular flexibility index (Phi) is 4.87. The van der Waals surface area contributed by atoms with Crippen molar-refractivity contribution >= 4 is 34.7 Å². The summed E-state index contributed by atoms with van der Waals surface area (Å²) in [5, 5.41) is 7.46. The van der Waals surface area contributed by atoms with E-state index < -0.39 is 0 Å². The molecule has 1 aliphatic rings. The standard InChI is InChI=1S/C24H24.C2H4/c1-14(2)20-10-15(3)24-17(5)22-12-19-9-7-6-8-18(19)11-21(22)16(4)23(24)13-20;1-2/h6-9,11-12,15,20H,1,4-5,10,13H2,2-3H3;1-2H2. The lowest BCUT2D eigenvalue weighted by molar-refractivity contribution is 0.469. The summed E-state index contributed by atoms with van der Waals surface area (Å²) in [7, 11) is 0. The Balaban J connectivity index is 0.000000948. The van der Waals surface area contributed by atoms with Gasteiger partial charge in [0.15, 0.2) is 0 Å². The van der Waals surface area contributed by atoms with Gasteiger partial charge in [-0.1, -0.05) is 56.5 Å². The minimum atomic E-state index is 0.513. The molecule has 2 unspecified atom stereocenters. The van der Waals surface area contributed by atoms with Crippen molar-refractivity contribution in [2.45, 2.75) is 32.6 Å². The van der Waals surface area contributed by atoms with E-state index >= 15 is 0 Å². The van der Waals surface area contributed by atoms with E-state index in [1.54, 1.807) is 0 Å². The number of allylic oxidation sites excluding steroid dienone is 1. The molecule has 132 valence electrons. The summed E-state index contributed by atoms with van der Waals surface area (Å²) >= 11 is 0. The molecule has 0 saturated carbocycles. The van der Waals surface area contributed by atoms with Crippen molar-refractivity contribution in [2.75, 3.05) is 0 Å². The summed E-state index contributed by atoms with van der Waals surface area (Å²) < 4.78 is 0. The van der Waals surface area contributed by atoms with Crippen molar-refractivity contribution in [1.29, 1.82) is 0 Å². The lowest BCUT2D eigenvalue weighted by Crippen LogP contribution is -2.31. The van der Waals surface area contributed by atoms with Gasteiger partial charge in [-0.3, -0.25) is 0 Å². The molecule has 1 aliphatic carbocycles. The van der Waals surface area contributed by atoms with Gasteiger partial charge in [-0.25, -0.2) is 0 Å². The Morgan fingerprint density at radius 1 is 0.962 bits per heavy atom. The van der Waals surface area contributed by atoms with Gasteiger partial charge in [-0.15, -0.1) is 13.2 Å². The fourth-order valence-corrected chi connectivity index (χ4v) is 4.47. The van der Waals surface area contributed by atoms with Crippen LogP contribution in [0.25, 0.3) is 34.7 Å². The van der Waals surface area contributed by atoms with E-state index in [2.05, 4.69) is 83.1 Å². The van der Waals surface area contributed by atoms with Crippen molar-refractivity contribution in [3.05, 3.63) is 83.3 Å². The Hall–Kier alpha value is -2.60. The van der Waals surface area contributed by atoms with Crippen LogP contribution in [0.4, 0.5) is 0 Å². The van der Waals surface area contributed by atoms with E-state index in [1.165, 1.54) is 55.1 Å². The van der Waals surface area contributed by atoms with Crippen molar-refractivity contribution in [3.8, 4) is 0 Å². The summed E-state index contributed by atoms with van der Waals surface area (Å²) in [6.07, 6.45) is 2.22. The first-order valence-corrected chi connectivity index (χ1v) is 9.28. The van der Waals surface area contributed by atoms with Crippen LogP contribution in [-0.2, 0) is 6.42 Å². The maximum Gasteiger partial charge on any atom is -0.0102 e. The highest BCUT2D eigenvalue weighted by molar-refractivity contribution is 5.99. The summed E-state index contributed by atoms with van der Waals surface area (Å²) in [5.41, 5.74) is 4.13. The molecule has 3 aromatic rings. The van der Waals surface area contributed by atoms with Gasteiger partial charge in [-0.05, 0) is 86.8 Å². The number of hydrogen-bond donors (Lipinski definition) is 0. The molecule has 0 saturated heterocycles. The van der Waals surface area contributed by atoms with Gasteiger partial charge in [-0.2, -0.15) is 0 Å². The smallest absolute Gasteiger partial charge is 0.0102 e. The molecule has 0 nitrogen and oxygen atoms in total. The van der Waals surface area contributed by atoms with Crippen LogP contribution in [0.3, 0.4) is 0 Å². The summed E-state index contributed by atoms with van der Waals surface area (Å²) in [6, 6.07) is 13.1. The van der Waals surface area contributed by atoms with Gasteiger partial charge in [0.05, 0.1) is 0 Å². The second-order valence-corrected chi connectivity index (χ2v) is 7.48. The molecule has 0 heteroatoms. The molecule has 0 spiro atoms. The van der Waals surface area contributed by atoms with Crippen molar-refractivity contribution in [3.63, 3.8) is 0 Å². The largest absolute Gasteiger partial charge is 0.106 e. The number of fused-ring (bicyclic) bond motifs is 3. The Labute approximate surface area is 156 Å². The van der Waals surface area contributed by atoms with Crippen LogP contribution in [0.15, 0.2) is 61.7 Å². The molecular weight excluding hydrogens is 312 g/mol. The summed E-state index contributed by atoms with van der Waals surface area (Å²) in [4.78, 5) is 0. The van der Waals surface area contributed by atoms with Crippen LogP contribution in [0.1, 0.15) is 37.3 Å². The third-order valence-corrected chi connectivity index (χ3v) is 5.83. The monoisotopic (exact) mass is 340 g/mol. The number of hydrogen-bond acceptors (Lipinski definition) is 0. The Morgan fingerprint density at radius 2 is 1.50 bits per heavy atom. The number of benzene rings is 3. The first-order chi connectivity index (χ1) is 12.5. The van der Waals surface area contributed by atoms with Gasteiger partial charge < -0.3 is 0 Å². The van der Waals surface area contributed by atoms with Gasteiger partial charge >= 0.3 is 0 Å². The van der Waals surface area contributed by atoms with E-state index in [9.17, 15) is 0 Å². The zero-order valence-corrected chi connectivity index (χ0v) is 16.1. The SMILES string of the molecule is C=C.C=C(C)C1Cc2c(c(=C)c3cc4ccccc4cc3c2=C)C(C)C1. The predicted octanol–water partition coefficient (Wildman–Crippen LogP) is 5.86. The average Bonchev–Trinajstić information content (AvgIpc) is 2.66. The third kappa shape index (κ3) is 2.80. The van der Waals surface area contributed by atoms with Gasteiger partial charge in [0.25, 0.3) is 0 Å². The summed E-state index contributed by atoms with van der Waals surface area (Å²) in [5.74, 6) is 1.07. The van der Waals surface area contributed by atoms with Crippen LogP contribution >= 0.6 is 0 Å². The van der Waals surface area contributed by atoms with Gasteiger partial charge in [0.1, 0.15) is 0 Å². The van der Waals surface area contributed by atoms with Crippen molar-refractivity contribution < 1.29 is 0 Å². The molecule has 0 fully saturated rings. The van der Waals surface area contributed by atoms with Crippen LogP contribution in [-0.4, -0.2) is 0 Å². The van der Waals surface area contributed by atoms with Gasteiger partial charge in [0.2, 0.25) is 0 Å². The Morgan fingerprint density at radius 3 is 2.04 bits per heavy atom. The van der Waals surface area contributed by atoms with Crippen LogP contribution in [0.2, 0.25) is 0 Å². The molecule has 0 N–H and O–H groups in total. The topological polar surface area (TPSA) is 0 Å². The highest BCUT2D eigenvalue weighted by Gasteiger charge is 2.26. The minimum Gasteiger partial charge on any atom is -0.106 e. The molecule has 0 amide bonds. The van der Waals surface area contributed by atoms with E-state index in [0.717, 1.165) is 6.42 Å².